The summed E-state index contributed by atoms with van der Waals surface area (Å²) in [4.78, 5) is 2.45. The summed E-state index contributed by atoms with van der Waals surface area (Å²) in [5.41, 5.74) is 7.52. The van der Waals surface area contributed by atoms with Crippen molar-refractivity contribution >= 4 is 27.5 Å². The third-order valence-electron chi connectivity index (χ3n) is 3.61. The monoisotopic (exact) mass is 355 g/mol. The smallest absolute Gasteiger partial charge is 0.170 e. The van der Waals surface area contributed by atoms with Crippen molar-refractivity contribution < 1.29 is 5.21 Å². The van der Waals surface area contributed by atoms with E-state index in [1.165, 1.54) is 0 Å². The van der Waals surface area contributed by atoms with Crippen molar-refractivity contribution in [3.8, 4) is 0 Å². The van der Waals surface area contributed by atoms with Crippen molar-refractivity contribution in [1.29, 1.82) is 0 Å². The Kier molecular flexibility index (Phi) is 7.02. The molecule has 0 aliphatic heterocycles. The highest BCUT2D eigenvalue weighted by molar-refractivity contribution is 9.10. The number of hydrogen-bond acceptors (Lipinski definition) is 3. The van der Waals surface area contributed by atoms with E-state index in [1.54, 1.807) is 0 Å². The van der Waals surface area contributed by atoms with Gasteiger partial charge in [-0.25, -0.2) is 0 Å². The molecule has 21 heavy (non-hydrogen) atoms. The van der Waals surface area contributed by atoms with Crippen molar-refractivity contribution in [2.45, 2.75) is 46.6 Å². The van der Waals surface area contributed by atoms with Gasteiger partial charge in [-0.05, 0) is 52.9 Å². The van der Waals surface area contributed by atoms with E-state index < -0.39 is 0 Å². The summed E-state index contributed by atoms with van der Waals surface area (Å²) in [5.74, 6) is 0.710. The molecule has 118 valence electrons. The maximum atomic E-state index is 8.78. The Morgan fingerprint density at radius 2 is 1.95 bits per heavy atom. The Bertz CT molecular complexity index is 484. The van der Waals surface area contributed by atoms with Crippen molar-refractivity contribution in [2.24, 2.45) is 16.8 Å². The summed E-state index contributed by atoms with van der Waals surface area (Å²) in [6.07, 6.45) is 2.22. The standard InChI is InChI=1S/C16H26BrN3O/c1-5-13(6-2)20(10-11(3)4)15-8-7-12(9-14(15)17)16(18)19-21/h7-9,11,13,21H,5-6,10H2,1-4H3,(H2,18,19). The molecule has 0 amide bonds. The quantitative estimate of drug-likeness (QED) is 0.333. The molecule has 1 rings (SSSR count). The number of halogens is 1. The highest BCUT2D eigenvalue weighted by Crippen LogP contribution is 2.31. The van der Waals surface area contributed by atoms with Gasteiger partial charge >= 0.3 is 0 Å². The number of amidine groups is 1. The summed E-state index contributed by atoms with van der Waals surface area (Å²) < 4.78 is 0.971. The fraction of sp³-hybridized carbons (Fsp3) is 0.562. The van der Waals surface area contributed by atoms with E-state index in [0.717, 1.165) is 29.5 Å². The van der Waals surface area contributed by atoms with Gasteiger partial charge in [0.25, 0.3) is 0 Å². The van der Waals surface area contributed by atoms with E-state index >= 15 is 0 Å². The van der Waals surface area contributed by atoms with Gasteiger partial charge in [-0.3, -0.25) is 0 Å². The molecule has 0 bridgehead atoms. The number of nitrogens with two attached hydrogens (primary N) is 1. The minimum atomic E-state index is 0.125. The Hall–Kier alpha value is -1.23. The molecule has 0 saturated carbocycles. The lowest BCUT2D eigenvalue weighted by Crippen LogP contribution is -2.37. The molecule has 0 unspecified atom stereocenters. The maximum Gasteiger partial charge on any atom is 0.170 e. The van der Waals surface area contributed by atoms with Crippen LogP contribution >= 0.6 is 15.9 Å². The second kappa shape index (κ2) is 8.27. The van der Waals surface area contributed by atoms with E-state index in [9.17, 15) is 0 Å². The van der Waals surface area contributed by atoms with Crippen LogP contribution in [0, 0.1) is 5.92 Å². The lowest BCUT2D eigenvalue weighted by molar-refractivity contribution is 0.318. The Balaban J connectivity index is 3.18. The van der Waals surface area contributed by atoms with Crippen LogP contribution in [0.3, 0.4) is 0 Å². The Morgan fingerprint density at radius 1 is 1.33 bits per heavy atom. The summed E-state index contributed by atoms with van der Waals surface area (Å²) in [5, 5.41) is 11.8. The van der Waals surface area contributed by atoms with E-state index in [-0.39, 0.29) is 5.84 Å². The summed E-state index contributed by atoms with van der Waals surface area (Å²) in [7, 11) is 0. The van der Waals surface area contributed by atoms with Crippen molar-refractivity contribution in [2.75, 3.05) is 11.4 Å². The molecule has 0 aliphatic carbocycles. The second-order valence-corrected chi connectivity index (χ2v) is 6.52. The van der Waals surface area contributed by atoms with Crippen molar-refractivity contribution in [1.82, 2.24) is 0 Å². The molecule has 0 aromatic heterocycles. The Labute approximate surface area is 136 Å². The van der Waals surface area contributed by atoms with Crippen LogP contribution in [0.4, 0.5) is 5.69 Å². The number of oxime groups is 1. The molecule has 0 saturated heterocycles. The second-order valence-electron chi connectivity index (χ2n) is 5.67. The average molecular weight is 356 g/mol. The van der Waals surface area contributed by atoms with E-state index in [1.807, 2.05) is 18.2 Å². The van der Waals surface area contributed by atoms with E-state index in [2.05, 4.69) is 53.7 Å². The van der Waals surface area contributed by atoms with Crippen molar-refractivity contribution in [3.63, 3.8) is 0 Å². The van der Waals surface area contributed by atoms with Gasteiger partial charge in [-0.2, -0.15) is 0 Å². The predicted octanol–water partition coefficient (Wildman–Crippen LogP) is 4.19. The van der Waals surface area contributed by atoms with Crippen molar-refractivity contribution in [3.05, 3.63) is 28.2 Å². The zero-order valence-electron chi connectivity index (χ0n) is 13.3. The Morgan fingerprint density at radius 3 is 2.38 bits per heavy atom. The molecule has 3 N–H and O–H groups in total. The van der Waals surface area contributed by atoms with Gasteiger partial charge in [0.1, 0.15) is 0 Å². The normalized spacial score (nSPS) is 12.2. The molecule has 0 heterocycles. The van der Waals surface area contributed by atoms with Gasteiger partial charge in [-0.1, -0.05) is 32.9 Å². The number of hydrogen-bond donors (Lipinski definition) is 2. The van der Waals surface area contributed by atoms with Crippen LogP contribution in [-0.2, 0) is 0 Å². The molecule has 5 heteroatoms. The third-order valence-corrected chi connectivity index (χ3v) is 4.24. The minimum Gasteiger partial charge on any atom is -0.409 e. The van der Waals surface area contributed by atoms with Gasteiger partial charge in [0, 0.05) is 22.6 Å². The van der Waals surface area contributed by atoms with Crippen LogP contribution in [0.25, 0.3) is 0 Å². The van der Waals surface area contributed by atoms with E-state index in [4.69, 9.17) is 10.9 Å². The predicted molar refractivity (Wildman–Crippen MR) is 93.2 cm³/mol. The van der Waals surface area contributed by atoms with Crippen LogP contribution in [0.1, 0.15) is 46.1 Å². The first-order valence-electron chi connectivity index (χ1n) is 7.48. The first-order valence-corrected chi connectivity index (χ1v) is 8.27. The molecule has 4 nitrogen and oxygen atoms in total. The number of benzene rings is 1. The number of rotatable bonds is 7. The minimum absolute atomic E-state index is 0.125. The molecule has 1 aromatic rings. The first kappa shape index (κ1) is 17.8. The summed E-state index contributed by atoms with van der Waals surface area (Å²) in [6, 6.07) is 6.35. The van der Waals surface area contributed by atoms with Crippen LogP contribution in [-0.4, -0.2) is 23.6 Å². The molecular formula is C16H26BrN3O. The highest BCUT2D eigenvalue weighted by atomic mass is 79.9. The highest BCUT2D eigenvalue weighted by Gasteiger charge is 2.19. The van der Waals surface area contributed by atoms with Gasteiger partial charge < -0.3 is 15.8 Å². The summed E-state index contributed by atoms with van der Waals surface area (Å²) in [6.45, 7) is 9.91. The summed E-state index contributed by atoms with van der Waals surface area (Å²) >= 11 is 3.63. The van der Waals surface area contributed by atoms with Crippen LogP contribution in [0.5, 0.6) is 0 Å². The molecule has 0 aliphatic rings. The molecular weight excluding hydrogens is 330 g/mol. The lowest BCUT2D eigenvalue weighted by Gasteiger charge is -2.35. The largest absolute Gasteiger partial charge is 0.409 e. The number of nitrogens with zero attached hydrogens (tertiary/aromatic N) is 2. The number of anilines is 1. The molecule has 0 spiro atoms. The zero-order valence-corrected chi connectivity index (χ0v) is 14.9. The zero-order chi connectivity index (χ0) is 16.0. The molecule has 0 radical (unpaired) electrons. The molecule has 1 aromatic carbocycles. The fourth-order valence-electron chi connectivity index (χ4n) is 2.52. The van der Waals surface area contributed by atoms with Gasteiger partial charge in [0.2, 0.25) is 0 Å². The van der Waals surface area contributed by atoms with Gasteiger partial charge in [0.15, 0.2) is 5.84 Å². The molecule has 0 fully saturated rings. The van der Waals surface area contributed by atoms with E-state index in [0.29, 0.717) is 17.5 Å². The van der Waals surface area contributed by atoms with Crippen LogP contribution in [0.2, 0.25) is 0 Å². The van der Waals surface area contributed by atoms with Gasteiger partial charge in [0.05, 0.1) is 5.69 Å². The molecule has 0 atom stereocenters. The van der Waals surface area contributed by atoms with Crippen LogP contribution in [0.15, 0.2) is 27.8 Å². The third kappa shape index (κ3) is 4.63. The maximum absolute atomic E-state index is 8.78. The fourth-order valence-corrected chi connectivity index (χ4v) is 3.13. The van der Waals surface area contributed by atoms with Crippen LogP contribution < -0.4 is 10.6 Å². The topological polar surface area (TPSA) is 61.8 Å². The SMILES string of the molecule is CCC(CC)N(CC(C)C)c1ccc(/C(N)=N/O)cc1Br. The lowest BCUT2D eigenvalue weighted by atomic mass is 10.1. The first-order chi connectivity index (χ1) is 9.94. The average Bonchev–Trinajstić information content (AvgIpc) is 2.46. The van der Waals surface area contributed by atoms with Gasteiger partial charge in [-0.15, -0.1) is 0 Å².